The number of amides is 1. The molecule has 1 fully saturated rings. The molecule has 1 atom stereocenters. The highest BCUT2D eigenvalue weighted by Crippen LogP contribution is 2.28. The smallest absolute Gasteiger partial charge is 0.305 e. The molecule has 1 amide bonds. The van der Waals surface area contributed by atoms with Crippen molar-refractivity contribution in [2.75, 3.05) is 13.2 Å². The van der Waals surface area contributed by atoms with Gasteiger partial charge in [-0.3, -0.25) is 9.59 Å². The molecule has 2 rings (SSSR count). The third-order valence-corrected chi connectivity index (χ3v) is 3.90. The van der Waals surface area contributed by atoms with Crippen LogP contribution >= 0.6 is 23.2 Å². The number of carbonyl (C=O) groups is 2. The Labute approximate surface area is 132 Å². The molecule has 1 aliphatic rings. The van der Waals surface area contributed by atoms with Crippen molar-refractivity contribution < 1.29 is 19.4 Å². The molecule has 1 aromatic carbocycles. The van der Waals surface area contributed by atoms with E-state index in [4.69, 9.17) is 33.0 Å². The van der Waals surface area contributed by atoms with Gasteiger partial charge < -0.3 is 14.7 Å². The number of aliphatic carboxylic acids is 1. The van der Waals surface area contributed by atoms with Gasteiger partial charge in [0.1, 0.15) is 5.75 Å². The number of likely N-dealkylation sites (tertiary alicyclic amines) is 1. The van der Waals surface area contributed by atoms with Gasteiger partial charge in [0, 0.05) is 23.7 Å². The van der Waals surface area contributed by atoms with E-state index in [0.29, 0.717) is 28.8 Å². The second-order valence-corrected chi connectivity index (χ2v) is 5.69. The molecule has 1 N–H and O–H groups in total. The maximum Gasteiger partial charge on any atom is 0.305 e. The second kappa shape index (κ2) is 7.00. The summed E-state index contributed by atoms with van der Waals surface area (Å²) in [6.45, 7) is 0.375. The number of ether oxygens (including phenoxy) is 1. The highest BCUT2D eigenvalue weighted by Gasteiger charge is 2.30. The first kappa shape index (κ1) is 15.9. The Morgan fingerprint density at radius 3 is 2.86 bits per heavy atom. The van der Waals surface area contributed by atoms with Crippen LogP contribution in [0.15, 0.2) is 18.2 Å². The summed E-state index contributed by atoms with van der Waals surface area (Å²) < 4.78 is 5.39. The Morgan fingerprint density at radius 2 is 2.14 bits per heavy atom. The van der Waals surface area contributed by atoms with Crippen LogP contribution in [0, 0.1) is 0 Å². The third-order valence-electron chi connectivity index (χ3n) is 3.35. The van der Waals surface area contributed by atoms with Gasteiger partial charge in [0.05, 0.1) is 11.4 Å². The fourth-order valence-electron chi connectivity index (χ4n) is 2.39. The molecule has 114 valence electrons. The van der Waals surface area contributed by atoms with Crippen LogP contribution in [0.5, 0.6) is 5.75 Å². The van der Waals surface area contributed by atoms with Crippen molar-refractivity contribution in [1.29, 1.82) is 0 Å². The number of nitrogens with zero attached hydrogens (tertiary/aromatic N) is 1. The fraction of sp³-hybridized carbons (Fsp3) is 0.429. The topological polar surface area (TPSA) is 66.8 Å². The Hall–Kier alpha value is -1.46. The zero-order valence-electron chi connectivity index (χ0n) is 11.2. The molecule has 1 aromatic rings. The van der Waals surface area contributed by atoms with Crippen LogP contribution in [-0.2, 0) is 9.59 Å². The fourth-order valence-corrected chi connectivity index (χ4v) is 2.72. The van der Waals surface area contributed by atoms with Crippen molar-refractivity contribution in [2.24, 2.45) is 0 Å². The van der Waals surface area contributed by atoms with E-state index in [1.54, 1.807) is 17.0 Å². The van der Waals surface area contributed by atoms with E-state index in [1.807, 2.05) is 0 Å². The van der Waals surface area contributed by atoms with Gasteiger partial charge in [0.2, 0.25) is 0 Å². The van der Waals surface area contributed by atoms with E-state index in [0.717, 1.165) is 6.42 Å². The summed E-state index contributed by atoms with van der Waals surface area (Å²) in [4.78, 5) is 24.5. The number of carboxylic acids is 1. The van der Waals surface area contributed by atoms with Crippen molar-refractivity contribution in [3.8, 4) is 5.75 Å². The highest BCUT2D eigenvalue weighted by atomic mass is 35.5. The number of benzene rings is 1. The standard InChI is InChI=1S/C14H15Cl2NO4/c15-9-3-4-11(16)12(6-9)21-8-13(18)17-5-1-2-10(17)7-14(19)20/h3-4,6,10H,1-2,5,7-8H2,(H,19,20). The van der Waals surface area contributed by atoms with Gasteiger partial charge in [0.25, 0.3) is 5.91 Å². The molecule has 0 spiro atoms. The summed E-state index contributed by atoms with van der Waals surface area (Å²) in [5, 5.41) is 9.68. The van der Waals surface area contributed by atoms with Crippen LogP contribution in [-0.4, -0.2) is 41.1 Å². The van der Waals surface area contributed by atoms with Crippen molar-refractivity contribution >= 4 is 35.1 Å². The monoisotopic (exact) mass is 331 g/mol. The van der Waals surface area contributed by atoms with E-state index >= 15 is 0 Å². The summed E-state index contributed by atoms with van der Waals surface area (Å²) in [5.41, 5.74) is 0. The number of hydrogen-bond acceptors (Lipinski definition) is 3. The lowest BCUT2D eigenvalue weighted by molar-refractivity contribution is -0.140. The average Bonchev–Trinajstić information content (AvgIpc) is 2.86. The zero-order chi connectivity index (χ0) is 15.4. The van der Waals surface area contributed by atoms with E-state index in [2.05, 4.69) is 0 Å². The molecule has 5 nitrogen and oxygen atoms in total. The maximum atomic E-state index is 12.1. The molecule has 0 bridgehead atoms. The second-order valence-electron chi connectivity index (χ2n) is 4.84. The molecule has 1 saturated heterocycles. The molecule has 1 unspecified atom stereocenters. The van der Waals surface area contributed by atoms with Crippen molar-refractivity contribution in [3.05, 3.63) is 28.2 Å². The molecule has 7 heteroatoms. The van der Waals surface area contributed by atoms with Gasteiger partial charge in [-0.2, -0.15) is 0 Å². The molecular weight excluding hydrogens is 317 g/mol. The van der Waals surface area contributed by atoms with Gasteiger partial charge in [-0.1, -0.05) is 23.2 Å². The molecule has 0 aliphatic carbocycles. The van der Waals surface area contributed by atoms with Gasteiger partial charge >= 0.3 is 5.97 Å². The minimum Gasteiger partial charge on any atom is -0.482 e. The van der Waals surface area contributed by atoms with E-state index < -0.39 is 5.97 Å². The van der Waals surface area contributed by atoms with Crippen molar-refractivity contribution in [2.45, 2.75) is 25.3 Å². The van der Waals surface area contributed by atoms with Gasteiger partial charge in [-0.25, -0.2) is 0 Å². The zero-order valence-corrected chi connectivity index (χ0v) is 12.7. The first-order valence-electron chi connectivity index (χ1n) is 6.56. The predicted octanol–water partition coefficient (Wildman–Crippen LogP) is 2.84. The number of carboxylic acid groups (broad SMARTS) is 1. The third kappa shape index (κ3) is 4.25. The Balaban J connectivity index is 1.95. The van der Waals surface area contributed by atoms with E-state index in [1.165, 1.54) is 6.07 Å². The van der Waals surface area contributed by atoms with Crippen LogP contribution in [0.3, 0.4) is 0 Å². The van der Waals surface area contributed by atoms with Gasteiger partial charge in [0.15, 0.2) is 6.61 Å². The van der Waals surface area contributed by atoms with Gasteiger partial charge in [-0.05, 0) is 25.0 Å². The van der Waals surface area contributed by atoms with Gasteiger partial charge in [-0.15, -0.1) is 0 Å². The first-order chi connectivity index (χ1) is 9.97. The normalized spacial score (nSPS) is 17.8. The summed E-state index contributed by atoms with van der Waals surface area (Å²) >= 11 is 11.8. The predicted molar refractivity (Wildman–Crippen MR) is 78.9 cm³/mol. The molecule has 1 heterocycles. The minimum absolute atomic E-state index is 0.0380. The number of rotatable bonds is 5. The summed E-state index contributed by atoms with van der Waals surface area (Å²) in [7, 11) is 0. The largest absolute Gasteiger partial charge is 0.482 e. The summed E-state index contributed by atoms with van der Waals surface area (Å²) in [5.74, 6) is -0.806. The van der Waals surface area contributed by atoms with Crippen LogP contribution in [0.2, 0.25) is 10.0 Å². The molecule has 0 radical (unpaired) electrons. The minimum atomic E-state index is -0.904. The Morgan fingerprint density at radius 1 is 1.38 bits per heavy atom. The van der Waals surface area contributed by atoms with Crippen molar-refractivity contribution in [3.63, 3.8) is 0 Å². The van der Waals surface area contributed by atoms with E-state index in [-0.39, 0.29) is 25.0 Å². The average molecular weight is 332 g/mol. The number of carbonyl (C=O) groups excluding carboxylic acids is 1. The molecule has 21 heavy (non-hydrogen) atoms. The molecule has 0 aromatic heterocycles. The lowest BCUT2D eigenvalue weighted by atomic mass is 10.1. The number of hydrogen-bond donors (Lipinski definition) is 1. The highest BCUT2D eigenvalue weighted by molar-refractivity contribution is 6.34. The lowest BCUT2D eigenvalue weighted by Gasteiger charge is -2.23. The molecule has 0 saturated carbocycles. The molecular formula is C14H15Cl2NO4. The maximum absolute atomic E-state index is 12.1. The van der Waals surface area contributed by atoms with Crippen LogP contribution in [0.4, 0.5) is 0 Å². The van der Waals surface area contributed by atoms with Crippen LogP contribution < -0.4 is 4.74 Å². The van der Waals surface area contributed by atoms with Crippen LogP contribution in [0.25, 0.3) is 0 Å². The van der Waals surface area contributed by atoms with Crippen molar-refractivity contribution in [1.82, 2.24) is 4.90 Å². The lowest BCUT2D eigenvalue weighted by Crippen LogP contribution is -2.39. The summed E-state index contributed by atoms with van der Waals surface area (Å²) in [6.07, 6.45) is 1.47. The SMILES string of the molecule is O=C(O)CC1CCCN1C(=O)COc1cc(Cl)ccc1Cl. The molecule has 1 aliphatic heterocycles. The Bertz CT molecular complexity index is 550. The summed E-state index contributed by atoms with van der Waals surface area (Å²) in [6, 6.07) is 4.50. The first-order valence-corrected chi connectivity index (χ1v) is 7.32. The Kier molecular flexibility index (Phi) is 5.31. The van der Waals surface area contributed by atoms with Crippen LogP contribution in [0.1, 0.15) is 19.3 Å². The quantitative estimate of drug-likeness (QED) is 0.900. The number of halogens is 2. The van der Waals surface area contributed by atoms with E-state index in [9.17, 15) is 9.59 Å².